The maximum atomic E-state index is 12.7. The van der Waals surface area contributed by atoms with E-state index in [2.05, 4.69) is 29.0 Å². The molecular formula is C23H31N3O3. The maximum absolute atomic E-state index is 12.7. The quantitative estimate of drug-likeness (QED) is 0.577. The predicted octanol–water partition coefficient (Wildman–Crippen LogP) is 2.62. The minimum absolute atomic E-state index is 0.0386. The first-order valence-corrected chi connectivity index (χ1v) is 10.9. The minimum Gasteiger partial charge on any atom is -0.466 e. The number of piperidine rings is 1. The van der Waals surface area contributed by atoms with Crippen molar-refractivity contribution >= 4 is 11.9 Å². The van der Waals surface area contributed by atoms with E-state index < -0.39 is 0 Å². The van der Waals surface area contributed by atoms with Crippen molar-refractivity contribution in [3.63, 3.8) is 0 Å². The largest absolute Gasteiger partial charge is 0.466 e. The van der Waals surface area contributed by atoms with Crippen molar-refractivity contribution in [2.45, 2.75) is 32.7 Å². The summed E-state index contributed by atoms with van der Waals surface area (Å²) in [4.78, 5) is 33.7. The van der Waals surface area contributed by atoms with Gasteiger partial charge < -0.3 is 9.64 Å². The molecule has 0 spiro atoms. The van der Waals surface area contributed by atoms with Crippen molar-refractivity contribution in [3.05, 3.63) is 42.2 Å². The predicted molar refractivity (Wildman–Crippen MR) is 110 cm³/mol. The van der Waals surface area contributed by atoms with Gasteiger partial charge in [0.1, 0.15) is 0 Å². The molecule has 0 radical (unpaired) electrons. The highest BCUT2D eigenvalue weighted by Crippen LogP contribution is 2.41. The maximum Gasteiger partial charge on any atom is 0.309 e. The Hall–Kier alpha value is -2.21. The summed E-state index contributed by atoms with van der Waals surface area (Å²) in [6.45, 7) is 7.96. The van der Waals surface area contributed by atoms with Gasteiger partial charge >= 0.3 is 5.97 Å². The van der Waals surface area contributed by atoms with Gasteiger partial charge in [0.15, 0.2) is 0 Å². The Morgan fingerprint density at radius 3 is 2.55 bits per heavy atom. The van der Waals surface area contributed by atoms with E-state index in [0.29, 0.717) is 30.0 Å². The van der Waals surface area contributed by atoms with Gasteiger partial charge in [-0.05, 0) is 49.7 Å². The number of hydrogen-bond acceptors (Lipinski definition) is 5. The summed E-state index contributed by atoms with van der Waals surface area (Å²) in [5.74, 6) is 1.01. The van der Waals surface area contributed by atoms with Gasteiger partial charge in [-0.15, -0.1) is 0 Å². The number of aromatic nitrogens is 1. The standard InChI is InChI=1S/C23H31N3O3/c1-3-29-23(28)21-16(2)4-5-18-14-26(15-20(18)21)19-8-12-25(13-9-19)22(27)17-6-10-24-11-7-17/h4-7,10-11,16,18-21H,3,8-9,12-15H2,1-2H3/t16-,18-,20-,21-/m0/s1. The number of esters is 1. The number of ether oxygens (including phenoxy) is 1. The van der Waals surface area contributed by atoms with Gasteiger partial charge in [0, 0.05) is 50.2 Å². The Morgan fingerprint density at radius 1 is 1.14 bits per heavy atom. The van der Waals surface area contributed by atoms with Crippen molar-refractivity contribution in [2.24, 2.45) is 23.7 Å². The second-order valence-corrected chi connectivity index (χ2v) is 8.56. The third-order valence-electron chi connectivity index (χ3n) is 6.88. The van der Waals surface area contributed by atoms with Crippen LogP contribution in [0.2, 0.25) is 0 Å². The molecule has 1 aromatic heterocycles. The van der Waals surface area contributed by atoms with E-state index in [1.807, 2.05) is 11.8 Å². The zero-order valence-electron chi connectivity index (χ0n) is 17.4. The lowest BCUT2D eigenvalue weighted by Gasteiger charge is -2.37. The van der Waals surface area contributed by atoms with Crippen molar-refractivity contribution in [3.8, 4) is 0 Å². The summed E-state index contributed by atoms with van der Waals surface area (Å²) in [6, 6.07) is 4.04. The molecule has 0 N–H and O–H groups in total. The van der Waals surface area contributed by atoms with Crippen LogP contribution in [0, 0.1) is 23.7 Å². The molecule has 0 unspecified atom stereocenters. The minimum atomic E-state index is -0.0426. The highest BCUT2D eigenvalue weighted by molar-refractivity contribution is 5.94. The van der Waals surface area contributed by atoms with Gasteiger partial charge in [-0.1, -0.05) is 19.1 Å². The average Bonchev–Trinajstić information content (AvgIpc) is 3.18. The van der Waals surface area contributed by atoms with Crippen LogP contribution < -0.4 is 0 Å². The second kappa shape index (κ2) is 8.66. The fourth-order valence-electron chi connectivity index (χ4n) is 5.34. The fraction of sp³-hybridized carbons (Fsp3) is 0.609. The van der Waals surface area contributed by atoms with Gasteiger partial charge in [-0.2, -0.15) is 0 Å². The monoisotopic (exact) mass is 397 g/mol. The van der Waals surface area contributed by atoms with Gasteiger partial charge in [0.2, 0.25) is 0 Å². The van der Waals surface area contributed by atoms with Gasteiger partial charge in [-0.3, -0.25) is 19.5 Å². The summed E-state index contributed by atoms with van der Waals surface area (Å²) < 4.78 is 5.38. The van der Waals surface area contributed by atoms with Crippen molar-refractivity contribution < 1.29 is 14.3 Å². The van der Waals surface area contributed by atoms with Gasteiger partial charge in [0.25, 0.3) is 5.91 Å². The van der Waals surface area contributed by atoms with Gasteiger partial charge in [0.05, 0.1) is 12.5 Å². The van der Waals surface area contributed by atoms with E-state index in [0.717, 1.165) is 39.0 Å². The van der Waals surface area contributed by atoms with Crippen molar-refractivity contribution in [1.29, 1.82) is 0 Å². The first kappa shape index (κ1) is 20.1. The molecule has 3 heterocycles. The number of allylic oxidation sites excluding steroid dienone is 1. The molecule has 6 nitrogen and oxygen atoms in total. The molecule has 0 saturated carbocycles. The molecular weight excluding hydrogens is 366 g/mol. The zero-order chi connectivity index (χ0) is 20.4. The van der Waals surface area contributed by atoms with E-state index >= 15 is 0 Å². The summed E-state index contributed by atoms with van der Waals surface area (Å²) in [5.41, 5.74) is 0.710. The molecule has 1 aromatic rings. The lowest BCUT2D eigenvalue weighted by atomic mass is 9.72. The SMILES string of the molecule is CCOC(=O)[C@@H]1[C@H]2CN(C3CCN(C(=O)c4ccncc4)CC3)C[C@@H]2C=C[C@@H]1C. The number of fused-ring (bicyclic) bond motifs is 1. The number of rotatable bonds is 4. The van der Waals surface area contributed by atoms with Crippen LogP contribution in [0.1, 0.15) is 37.0 Å². The summed E-state index contributed by atoms with van der Waals surface area (Å²) >= 11 is 0. The molecule has 29 heavy (non-hydrogen) atoms. The van der Waals surface area contributed by atoms with Crippen molar-refractivity contribution in [2.75, 3.05) is 32.8 Å². The van der Waals surface area contributed by atoms with Crippen LogP contribution in [0.3, 0.4) is 0 Å². The van der Waals surface area contributed by atoms with Crippen LogP contribution in [-0.2, 0) is 9.53 Å². The number of hydrogen-bond donors (Lipinski definition) is 0. The molecule has 4 rings (SSSR count). The Balaban J connectivity index is 1.36. The van der Waals surface area contributed by atoms with Crippen LogP contribution in [0.4, 0.5) is 0 Å². The molecule has 2 saturated heterocycles. The Labute approximate surface area is 172 Å². The average molecular weight is 398 g/mol. The number of carbonyl (C=O) groups excluding carboxylic acids is 2. The summed E-state index contributed by atoms with van der Waals surface area (Å²) in [5, 5.41) is 0. The lowest BCUT2D eigenvalue weighted by Crippen LogP contribution is -2.46. The van der Waals surface area contributed by atoms with Crippen LogP contribution in [0.5, 0.6) is 0 Å². The molecule has 4 atom stereocenters. The van der Waals surface area contributed by atoms with Gasteiger partial charge in [-0.25, -0.2) is 0 Å². The molecule has 2 aliphatic heterocycles. The number of amides is 1. The lowest BCUT2D eigenvalue weighted by molar-refractivity contribution is -0.152. The number of carbonyl (C=O) groups is 2. The molecule has 2 fully saturated rings. The number of pyridine rings is 1. The first-order chi connectivity index (χ1) is 14.1. The third-order valence-corrected chi connectivity index (χ3v) is 6.88. The van der Waals surface area contributed by atoms with E-state index in [9.17, 15) is 9.59 Å². The van der Waals surface area contributed by atoms with Crippen LogP contribution in [0.25, 0.3) is 0 Å². The molecule has 1 aliphatic carbocycles. The van der Waals surface area contributed by atoms with E-state index in [1.165, 1.54) is 0 Å². The molecule has 3 aliphatic rings. The van der Waals surface area contributed by atoms with E-state index in [4.69, 9.17) is 4.74 Å². The fourth-order valence-corrected chi connectivity index (χ4v) is 5.34. The van der Waals surface area contributed by atoms with Crippen molar-refractivity contribution in [1.82, 2.24) is 14.8 Å². The molecule has 0 aromatic carbocycles. The highest BCUT2D eigenvalue weighted by Gasteiger charge is 2.46. The summed E-state index contributed by atoms with van der Waals surface area (Å²) in [7, 11) is 0. The third kappa shape index (κ3) is 4.08. The number of likely N-dealkylation sites (tertiary alicyclic amines) is 2. The van der Waals surface area contributed by atoms with Crippen LogP contribution in [-0.4, -0.2) is 65.5 Å². The molecule has 1 amide bonds. The summed E-state index contributed by atoms with van der Waals surface area (Å²) in [6.07, 6.45) is 9.81. The highest BCUT2D eigenvalue weighted by atomic mass is 16.5. The Kier molecular flexibility index (Phi) is 5.99. The second-order valence-electron chi connectivity index (χ2n) is 8.56. The first-order valence-electron chi connectivity index (χ1n) is 10.9. The molecule has 156 valence electrons. The zero-order valence-corrected chi connectivity index (χ0v) is 17.4. The smallest absolute Gasteiger partial charge is 0.309 e. The Morgan fingerprint density at radius 2 is 1.86 bits per heavy atom. The van der Waals surface area contributed by atoms with E-state index in [-0.39, 0.29) is 23.7 Å². The molecule has 0 bridgehead atoms. The van der Waals surface area contributed by atoms with E-state index in [1.54, 1.807) is 24.5 Å². The van der Waals surface area contributed by atoms with Crippen LogP contribution >= 0.6 is 0 Å². The topological polar surface area (TPSA) is 62.7 Å². The normalized spacial score (nSPS) is 30.2. The number of nitrogens with zero attached hydrogens (tertiary/aromatic N) is 3. The molecule has 6 heteroatoms. The van der Waals surface area contributed by atoms with Crippen LogP contribution in [0.15, 0.2) is 36.7 Å². The Bertz CT molecular complexity index is 758.